The predicted octanol–water partition coefficient (Wildman–Crippen LogP) is 2.39. The van der Waals surface area contributed by atoms with Gasteiger partial charge in [-0.3, -0.25) is 0 Å². The molecular formula is C13H19NO. The SMILES string of the molecule is Cc1cc(O)c(C2(C(C)N)CC2)cc1C. The van der Waals surface area contributed by atoms with Crippen molar-refractivity contribution in [3.05, 3.63) is 28.8 Å². The second-order valence-electron chi connectivity index (χ2n) is 4.90. The van der Waals surface area contributed by atoms with E-state index in [1.165, 1.54) is 5.56 Å². The zero-order valence-corrected chi connectivity index (χ0v) is 9.67. The third-order valence-electron chi connectivity index (χ3n) is 3.81. The van der Waals surface area contributed by atoms with Crippen LogP contribution in [-0.4, -0.2) is 11.1 Å². The molecule has 1 aliphatic carbocycles. The molecule has 0 amide bonds. The van der Waals surface area contributed by atoms with Gasteiger partial charge in [0.15, 0.2) is 0 Å². The standard InChI is InChI=1S/C13H19NO/c1-8-6-11(12(15)7-9(8)2)13(4-5-13)10(3)14/h6-7,10,15H,4-5,14H2,1-3H3. The Balaban J connectivity index is 2.49. The highest BCUT2D eigenvalue weighted by atomic mass is 16.3. The number of benzene rings is 1. The summed E-state index contributed by atoms with van der Waals surface area (Å²) in [6, 6.07) is 4.07. The third kappa shape index (κ3) is 1.53. The molecule has 82 valence electrons. The quantitative estimate of drug-likeness (QED) is 0.778. The normalized spacial score (nSPS) is 20.0. The van der Waals surface area contributed by atoms with Gasteiger partial charge in [-0.15, -0.1) is 0 Å². The number of hydrogen-bond donors (Lipinski definition) is 2. The second kappa shape index (κ2) is 3.24. The van der Waals surface area contributed by atoms with E-state index < -0.39 is 0 Å². The lowest BCUT2D eigenvalue weighted by atomic mass is 9.87. The summed E-state index contributed by atoms with van der Waals surface area (Å²) in [7, 11) is 0. The first-order chi connectivity index (χ1) is 6.97. The lowest BCUT2D eigenvalue weighted by Gasteiger charge is -2.22. The molecule has 1 unspecified atom stereocenters. The molecule has 1 aromatic carbocycles. The monoisotopic (exact) mass is 205 g/mol. The Hall–Kier alpha value is -1.02. The van der Waals surface area contributed by atoms with Crippen molar-refractivity contribution in [3.8, 4) is 5.75 Å². The highest BCUT2D eigenvalue weighted by Gasteiger charge is 2.48. The minimum absolute atomic E-state index is 0.0442. The first kappa shape index (κ1) is 10.5. The maximum absolute atomic E-state index is 9.98. The van der Waals surface area contributed by atoms with E-state index >= 15 is 0 Å². The van der Waals surface area contributed by atoms with Gasteiger partial charge in [0.2, 0.25) is 0 Å². The van der Waals surface area contributed by atoms with Gasteiger partial charge < -0.3 is 10.8 Å². The van der Waals surface area contributed by atoms with Crippen molar-refractivity contribution in [3.63, 3.8) is 0 Å². The van der Waals surface area contributed by atoms with Crippen LogP contribution in [0.4, 0.5) is 0 Å². The van der Waals surface area contributed by atoms with Gasteiger partial charge in [0.25, 0.3) is 0 Å². The van der Waals surface area contributed by atoms with Gasteiger partial charge in [-0.05, 0) is 50.8 Å². The fraction of sp³-hybridized carbons (Fsp3) is 0.538. The number of aromatic hydroxyl groups is 1. The van der Waals surface area contributed by atoms with Gasteiger partial charge in [0, 0.05) is 17.0 Å². The Morgan fingerprint density at radius 2 is 1.80 bits per heavy atom. The largest absolute Gasteiger partial charge is 0.508 e. The van der Waals surface area contributed by atoms with Gasteiger partial charge in [-0.1, -0.05) is 6.07 Å². The van der Waals surface area contributed by atoms with Crippen LogP contribution in [0.5, 0.6) is 5.75 Å². The zero-order valence-electron chi connectivity index (χ0n) is 9.67. The Morgan fingerprint density at radius 3 is 2.27 bits per heavy atom. The number of hydrogen-bond acceptors (Lipinski definition) is 2. The lowest BCUT2D eigenvalue weighted by molar-refractivity contribution is 0.446. The highest BCUT2D eigenvalue weighted by Crippen LogP contribution is 2.53. The Kier molecular flexibility index (Phi) is 2.27. The summed E-state index contributed by atoms with van der Waals surface area (Å²) in [5, 5.41) is 9.98. The molecule has 0 heterocycles. The van der Waals surface area contributed by atoms with Crippen molar-refractivity contribution in [2.24, 2.45) is 5.73 Å². The van der Waals surface area contributed by atoms with Crippen LogP contribution in [0.15, 0.2) is 12.1 Å². The molecule has 2 rings (SSSR count). The van der Waals surface area contributed by atoms with Gasteiger partial charge >= 0.3 is 0 Å². The van der Waals surface area contributed by atoms with Gasteiger partial charge in [0.05, 0.1) is 0 Å². The average molecular weight is 205 g/mol. The summed E-state index contributed by atoms with van der Waals surface area (Å²) in [5.41, 5.74) is 9.46. The van der Waals surface area contributed by atoms with E-state index in [1.54, 1.807) is 0 Å². The molecule has 0 saturated heterocycles. The van der Waals surface area contributed by atoms with Crippen LogP contribution in [-0.2, 0) is 5.41 Å². The van der Waals surface area contributed by atoms with Crippen molar-refractivity contribution < 1.29 is 5.11 Å². The van der Waals surface area contributed by atoms with Gasteiger partial charge in [-0.2, -0.15) is 0 Å². The summed E-state index contributed by atoms with van der Waals surface area (Å²) >= 11 is 0. The molecule has 1 aliphatic rings. The Morgan fingerprint density at radius 1 is 1.27 bits per heavy atom. The summed E-state index contributed by atoms with van der Waals surface area (Å²) < 4.78 is 0. The van der Waals surface area contributed by atoms with Crippen LogP contribution in [0.1, 0.15) is 36.5 Å². The van der Waals surface area contributed by atoms with E-state index in [9.17, 15) is 5.11 Å². The number of rotatable bonds is 2. The second-order valence-corrected chi connectivity index (χ2v) is 4.90. The molecular weight excluding hydrogens is 186 g/mol. The molecule has 15 heavy (non-hydrogen) atoms. The molecule has 0 bridgehead atoms. The molecule has 1 fully saturated rings. The van der Waals surface area contributed by atoms with Crippen LogP contribution < -0.4 is 5.73 Å². The van der Waals surface area contributed by atoms with E-state index in [4.69, 9.17) is 5.73 Å². The summed E-state index contributed by atoms with van der Waals surface area (Å²) in [6.07, 6.45) is 2.20. The van der Waals surface area contributed by atoms with Gasteiger partial charge in [-0.25, -0.2) is 0 Å². The lowest BCUT2D eigenvalue weighted by Crippen LogP contribution is -2.31. The molecule has 2 heteroatoms. The average Bonchev–Trinajstić information content (AvgIpc) is 2.92. The number of nitrogens with two attached hydrogens (primary N) is 1. The van der Waals surface area contributed by atoms with Crippen LogP contribution in [0.2, 0.25) is 0 Å². The molecule has 0 radical (unpaired) electrons. The van der Waals surface area contributed by atoms with Crippen LogP contribution in [0.3, 0.4) is 0 Å². The summed E-state index contributed by atoms with van der Waals surface area (Å²) in [5.74, 6) is 0.410. The van der Waals surface area contributed by atoms with E-state index in [-0.39, 0.29) is 11.5 Å². The van der Waals surface area contributed by atoms with Crippen molar-refractivity contribution in [2.75, 3.05) is 0 Å². The highest BCUT2D eigenvalue weighted by molar-refractivity contribution is 5.48. The fourth-order valence-corrected chi connectivity index (χ4v) is 2.30. The number of phenolic OH excluding ortho intramolecular Hbond substituents is 1. The van der Waals surface area contributed by atoms with Crippen LogP contribution in [0.25, 0.3) is 0 Å². The molecule has 1 atom stereocenters. The van der Waals surface area contributed by atoms with Crippen LogP contribution >= 0.6 is 0 Å². The minimum Gasteiger partial charge on any atom is -0.508 e. The Labute approximate surface area is 91.1 Å². The van der Waals surface area contributed by atoms with E-state index in [0.29, 0.717) is 5.75 Å². The molecule has 3 N–H and O–H groups in total. The van der Waals surface area contributed by atoms with E-state index in [2.05, 4.69) is 13.0 Å². The molecule has 1 aromatic rings. The first-order valence-corrected chi connectivity index (χ1v) is 5.53. The van der Waals surface area contributed by atoms with Crippen molar-refractivity contribution in [1.82, 2.24) is 0 Å². The van der Waals surface area contributed by atoms with Crippen molar-refractivity contribution in [1.29, 1.82) is 0 Å². The van der Waals surface area contributed by atoms with Gasteiger partial charge in [0.1, 0.15) is 5.75 Å². The first-order valence-electron chi connectivity index (χ1n) is 5.53. The molecule has 2 nitrogen and oxygen atoms in total. The smallest absolute Gasteiger partial charge is 0.119 e. The third-order valence-corrected chi connectivity index (χ3v) is 3.81. The van der Waals surface area contributed by atoms with E-state index in [1.807, 2.05) is 19.9 Å². The predicted molar refractivity (Wildman–Crippen MR) is 62.1 cm³/mol. The maximum atomic E-state index is 9.98. The number of phenols is 1. The molecule has 0 aromatic heterocycles. The zero-order chi connectivity index (χ0) is 11.2. The van der Waals surface area contributed by atoms with Crippen molar-refractivity contribution >= 4 is 0 Å². The van der Waals surface area contributed by atoms with E-state index in [0.717, 1.165) is 24.0 Å². The summed E-state index contributed by atoms with van der Waals surface area (Å²) in [4.78, 5) is 0. The molecule has 0 spiro atoms. The topological polar surface area (TPSA) is 46.2 Å². The molecule has 1 saturated carbocycles. The van der Waals surface area contributed by atoms with Crippen molar-refractivity contribution in [2.45, 2.75) is 45.1 Å². The number of aryl methyl sites for hydroxylation is 2. The summed E-state index contributed by atoms with van der Waals surface area (Å²) in [6.45, 7) is 6.13. The van der Waals surface area contributed by atoms with Crippen LogP contribution in [0, 0.1) is 13.8 Å². The minimum atomic E-state index is 0.0442. The maximum Gasteiger partial charge on any atom is 0.119 e. The fourth-order valence-electron chi connectivity index (χ4n) is 2.30. The molecule has 0 aliphatic heterocycles. The Bertz CT molecular complexity index is 392.